The summed E-state index contributed by atoms with van der Waals surface area (Å²) in [7, 11) is 0. The number of thiophene rings is 1. The Kier molecular flexibility index (Phi) is 6.88. The van der Waals surface area contributed by atoms with Crippen LogP contribution in [0, 0.1) is 20.2 Å². The number of hydrazone groups is 1. The maximum Gasteiger partial charge on any atom is 0.283 e. The number of nitro groups is 2. The Balaban J connectivity index is 1.28. The van der Waals surface area contributed by atoms with E-state index in [2.05, 4.69) is 25.7 Å². The largest absolute Gasteiger partial charge is 0.283 e. The van der Waals surface area contributed by atoms with Crippen molar-refractivity contribution in [2.24, 2.45) is 5.10 Å². The van der Waals surface area contributed by atoms with E-state index in [1.807, 2.05) is 30.3 Å². The molecule has 38 heavy (non-hydrogen) atoms. The van der Waals surface area contributed by atoms with E-state index in [4.69, 9.17) is 0 Å². The number of amides is 1. The molecule has 12 nitrogen and oxygen atoms in total. The SMILES string of the molecule is O=C(N/N=C/c1ccc(Sc2n[nH]c(-c3ccccc3)n2)c([N+](=O)[O-])c1)c1cc2cc([N+](=O)[O-])ccc2s1. The number of hydrogen-bond acceptors (Lipinski definition) is 10. The van der Waals surface area contributed by atoms with E-state index in [9.17, 15) is 25.0 Å². The fraction of sp³-hybridized carbons (Fsp3) is 0. The van der Waals surface area contributed by atoms with Crippen LogP contribution in [0.15, 0.2) is 87.9 Å². The van der Waals surface area contributed by atoms with Crippen LogP contribution < -0.4 is 5.43 Å². The molecule has 0 saturated carbocycles. The van der Waals surface area contributed by atoms with Crippen molar-refractivity contribution in [3.63, 3.8) is 0 Å². The van der Waals surface area contributed by atoms with Crippen molar-refractivity contribution in [2.45, 2.75) is 10.1 Å². The van der Waals surface area contributed by atoms with Crippen LogP contribution in [0.2, 0.25) is 0 Å². The molecule has 188 valence electrons. The maximum atomic E-state index is 12.5. The quantitative estimate of drug-likeness (QED) is 0.148. The minimum Gasteiger partial charge on any atom is -0.266 e. The molecular weight excluding hydrogens is 530 g/mol. The van der Waals surface area contributed by atoms with Gasteiger partial charge < -0.3 is 0 Å². The molecule has 0 bridgehead atoms. The number of aromatic amines is 1. The molecule has 0 fully saturated rings. The van der Waals surface area contributed by atoms with Crippen LogP contribution in [0.1, 0.15) is 15.2 Å². The summed E-state index contributed by atoms with van der Waals surface area (Å²) < 4.78 is 0.718. The highest BCUT2D eigenvalue weighted by molar-refractivity contribution is 7.99. The Bertz CT molecular complexity index is 1720. The Labute approximate surface area is 221 Å². The molecule has 2 aromatic heterocycles. The van der Waals surface area contributed by atoms with Gasteiger partial charge in [0.1, 0.15) is 0 Å². The zero-order valence-electron chi connectivity index (χ0n) is 19.1. The van der Waals surface area contributed by atoms with E-state index in [1.54, 1.807) is 24.3 Å². The third-order valence-electron chi connectivity index (χ3n) is 5.21. The summed E-state index contributed by atoms with van der Waals surface area (Å²) in [6, 6.07) is 19.8. The fourth-order valence-electron chi connectivity index (χ4n) is 3.44. The van der Waals surface area contributed by atoms with E-state index in [-0.39, 0.29) is 11.4 Å². The number of rotatable bonds is 8. The van der Waals surface area contributed by atoms with E-state index in [0.29, 0.717) is 31.7 Å². The van der Waals surface area contributed by atoms with E-state index >= 15 is 0 Å². The van der Waals surface area contributed by atoms with Gasteiger partial charge in [-0.15, -0.1) is 16.4 Å². The lowest BCUT2D eigenvalue weighted by molar-refractivity contribution is -0.387. The molecule has 3 aromatic carbocycles. The number of non-ortho nitro benzene ring substituents is 1. The van der Waals surface area contributed by atoms with Crippen LogP contribution >= 0.6 is 23.1 Å². The Morgan fingerprint density at radius 3 is 2.61 bits per heavy atom. The standard InChI is InChI=1S/C24H15N7O5S2/c32-23(21-12-16-11-17(30(33)34)7-9-19(16)37-21)28-25-13-14-6-8-20(18(10-14)31(35)36)38-24-26-22(27-29-24)15-4-2-1-3-5-15/h1-13H,(H,28,32)(H,26,27,29)/b25-13+. The van der Waals surface area contributed by atoms with Crippen LogP contribution in [0.3, 0.4) is 0 Å². The summed E-state index contributed by atoms with van der Waals surface area (Å²) in [5.41, 5.74) is 3.38. The summed E-state index contributed by atoms with van der Waals surface area (Å²) in [5.74, 6) is 0.0395. The van der Waals surface area contributed by atoms with Gasteiger partial charge in [0.25, 0.3) is 17.3 Å². The highest BCUT2D eigenvalue weighted by Gasteiger charge is 2.18. The summed E-state index contributed by atoms with van der Waals surface area (Å²) in [6.45, 7) is 0. The molecular formula is C24H15N7O5S2. The number of nitro benzene ring substituents is 2. The van der Waals surface area contributed by atoms with Crippen LogP contribution in [0.5, 0.6) is 0 Å². The molecule has 2 heterocycles. The van der Waals surface area contributed by atoms with Crippen molar-refractivity contribution in [2.75, 3.05) is 0 Å². The number of fused-ring (bicyclic) bond motifs is 1. The van der Waals surface area contributed by atoms with Crippen molar-refractivity contribution in [3.8, 4) is 11.4 Å². The second kappa shape index (κ2) is 10.6. The van der Waals surface area contributed by atoms with Crippen molar-refractivity contribution in [1.82, 2.24) is 20.6 Å². The van der Waals surface area contributed by atoms with Gasteiger partial charge >= 0.3 is 0 Å². The molecule has 0 aliphatic carbocycles. The molecule has 1 amide bonds. The zero-order chi connectivity index (χ0) is 26.6. The number of nitrogens with one attached hydrogen (secondary N) is 2. The number of H-pyrrole nitrogens is 1. The molecule has 5 rings (SSSR count). The van der Waals surface area contributed by atoms with Crippen molar-refractivity contribution < 1.29 is 14.6 Å². The van der Waals surface area contributed by atoms with Gasteiger partial charge in [-0.05, 0) is 30.0 Å². The molecule has 0 aliphatic rings. The third kappa shape index (κ3) is 5.40. The van der Waals surface area contributed by atoms with Crippen LogP contribution in [0.4, 0.5) is 11.4 Å². The van der Waals surface area contributed by atoms with E-state index in [0.717, 1.165) is 22.0 Å². The summed E-state index contributed by atoms with van der Waals surface area (Å²) >= 11 is 2.21. The Morgan fingerprint density at radius 2 is 1.84 bits per heavy atom. The van der Waals surface area contributed by atoms with Crippen LogP contribution in [0.25, 0.3) is 21.5 Å². The van der Waals surface area contributed by atoms with Crippen molar-refractivity contribution in [1.29, 1.82) is 0 Å². The molecule has 0 saturated heterocycles. The highest BCUT2D eigenvalue weighted by Crippen LogP contribution is 2.34. The third-order valence-corrected chi connectivity index (χ3v) is 7.25. The lowest BCUT2D eigenvalue weighted by Crippen LogP contribution is -2.16. The smallest absolute Gasteiger partial charge is 0.266 e. The van der Waals surface area contributed by atoms with Crippen LogP contribution in [-0.4, -0.2) is 37.1 Å². The second-order valence-electron chi connectivity index (χ2n) is 7.71. The highest BCUT2D eigenvalue weighted by atomic mass is 32.2. The Morgan fingerprint density at radius 1 is 1.03 bits per heavy atom. The predicted octanol–water partition coefficient (Wildman–Crippen LogP) is 5.42. The number of aromatic nitrogens is 3. The zero-order valence-corrected chi connectivity index (χ0v) is 20.7. The normalized spacial score (nSPS) is 11.2. The van der Waals surface area contributed by atoms with Gasteiger partial charge in [0.05, 0.1) is 25.8 Å². The van der Waals surface area contributed by atoms with E-state index < -0.39 is 15.8 Å². The first-order chi connectivity index (χ1) is 18.4. The van der Waals surface area contributed by atoms with Gasteiger partial charge in [0.2, 0.25) is 5.16 Å². The number of carbonyl (C=O) groups is 1. The first-order valence-electron chi connectivity index (χ1n) is 10.8. The molecule has 2 N–H and O–H groups in total. The maximum absolute atomic E-state index is 12.5. The first-order valence-corrected chi connectivity index (χ1v) is 12.5. The lowest BCUT2D eigenvalue weighted by Gasteiger charge is -2.01. The summed E-state index contributed by atoms with van der Waals surface area (Å²) in [6.07, 6.45) is 1.29. The lowest BCUT2D eigenvalue weighted by atomic mass is 10.2. The fourth-order valence-corrected chi connectivity index (χ4v) is 5.17. The van der Waals surface area contributed by atoms with E-state index in [1.165, 1.54) is 35.8 Å². The van der Waals surface area contributed by atoms with Crippen molar-refractivity contribution >= 4 is 56.7 Å². The van der Waals surface area contributed by atoms with Gasteiger partial charge in [-0.2, -0.15) is 5.10 Å². The monoisotopic (exact) mass is 545 g/mol. The Hall–Kier alpha value is -4.95. The minimum atomic E-state index is -0.514. The molecule has 0 unspecified atom stereocenters. The van der Waals surface area contributed by atoms with Gasteiger partial charge in [0.15, 0.2) is 5.82 Å². The molecule has 0 radical (unpaired) electrons. The van der Waals surface area contributed by atoms with Crippen LogP contribution in [-0.2, 0) is 0 Å². The van der Waals surface area contributed by atoms with Crippen molar-refractivity contribution in [3.05, 3.63) is 103 Å². The second-order valence-corrected chi connectivity index (χ2v) is 9.80. The molecule has 0 atom stereocenters. The first kappa shape index (κ1) is 24.7. The number of carbonyl (C=O) groups excluding carboxylic acids is 1. The molecule has 0 spiro atoms. The minimum absolute atomic E-state index is 0.0665. The molecule has 5 aromatic rings. The summed E-state index contributed by atoms with van der Waals surface area (Å²) in [4.78, 5) is 39.2. The summed E-state index contributed by atoms with van der Waals surface area (Å²) in [5, 5.41) is 34.4. The van der Waals surface area contributed by atoms with Gasteiger partial charge in [0, 0.05) is 39.4 Å². The molecule has 0 aliphatic heterocycles. The van der Waals surface area contributed by atoms with Gasteiger partial charge in [-0.1, -0.05) is 36.4 Å². The predicted molar refractivity (Wildman–Crippen MR) is 143 cm³/mol. The average molecular weight is 546 g/mol. The number of nitrogens with zero attached hydrogens (tertiary/aromatic N) is 5. The number of hydrogen-bond donors (Lipinski definition) is 2. The average Bonchev–Trinajstić information content (AvgIpc) is 3.56. The van der Waals surface area contributed by atoms with Gasteiger partial charge in [-0.3, -0.25) is 30.1 Å². The number of benzene rings is 3. The van der Waals surface area contributed by atoms with Gasteiger partial charge in [-0.25, -0.2) is 10.4 Å². The topological polar surface area (TPSA) is 169 Å². The molecule has 14 heteroatoms.